The second-order valence-electron chi connectivity index (χ2n) is 6.10. The molecular weight excluding hydrogens is 364 g/mol. The van der Waals surface area contributed by atoms with Crippen molar-refractivity contribution in [3.05, 3.63) is 54.1 Å². The summed E-state index contributed by atoms with van der Waals surface area (Å²) in [5.41, 5.74) is 1.02. The van der Waals surface area contributed by atoms with Gasteiger partial charge in [0.25, 0.3) is 5.91 Å². The summed E-state index contributed by atoms with van der Waals surface area (Å²) in [5.74, 6) is 0.462. The van der Waals surface area contributed by atoms with E-state index in [1.54, 1.807) is 36.4 Å². The predicted molar refractivity (Wildman–Crippen MR) is 107 cm³/mol. The van der Waals surface area contributed by atoms with Crippen LogP contribution in [0.25, 0.3) is 0 Å². The third-order valence-corrected chi connectivity index (χ3v) is 5.32. The zero-order valence-corrected chi connectivity index (χ0v) is 16.5. The highest BCUT2D eigenvalue weighted by molar-refractivity contribution is 7.89. The Labute approximate surface area is 161 Å². The molecule has 0 unspecified atom stereocenters. The first kappa shape index (κ1) is 20.9. The summed E-state index contributed by atoms with van der Waals surface area (Å²) in [4.78, 5) is 12.5. The number of carbonyl (C=O) groups excluding carboxylic acids is 1. The third-order valence-electron chi connectivity index (χ3n) is 3.85. The minimum absolute atomic E-state index is 0.169. The van der Waals surface area contributed by atoms with Gasteiger partial charge in [-0.1, -0.05) is 20.3 Å². The van der Waals surface area contributed by atoms with E-state index in [1.165, 1.54) is 12.1 Å². The fourth-order valence-corrected chi connectivity index (χ4v) is 3.41. The fraction of sp³-hybridized carbons (Fsp3) is 0.350. The Morgan fingerprint density at radius 2 is 1.63 bits per heavy atom. The van der Waals surface area contributed by atoms with Gasteiger partial charge in [-0.3, -0.25) is 4.79 Å². The third kappa shape index (κ3) is 6.37. The van der Waals surface area contributed by atoms with Gasteiger partial charge in [-0.15, -0.1) is 0 Å². The van der Waals surface area contributed by atoms with Gasteiger partial charge in [0.1, 0.15) is 5.75 Å². The summed E-state index contributed by atoms with van der Waals surface area (Å²) >= 11 is 0. The van der Waals surface area contributed by atoms with Gasteiger partial charge in [0, 0.05) is 17.8 Å². The van der Waals surface area contributed by atoms with Crippen molar-refractivity contribution in [2.24, 2.45) is 0 Å². The summed E-state index contributed by atoms with van der Waals surface area (Å²) in [6, 6.07) is 13.0. The number of hydrogen-bond acceptors (Lipinski definition) is 4. The molecule has 0 bridgehead atoms. The van der Waals surface area contributed by atoms with Crippen molar-refractivity contribution >= 4 is 21.6 Å². The Bertz CT molecular complexity index is 831. The molecule has 6 nitrogen and oxygen atoms in total. The summed E-state index contributed by atoms with van der Waals surface area (Å²) in [7, 11) is -3.51. The Balaban J connectivity index is 1.97. The van der Waals surface area contributed by atoms with Gasteiger partial charge in [0.2, 0.25) is 10.0 Å². The highest BCUT2D eigenvalue weighted by atomic mass is 32.2. The van der Waals surface area contributed by atoms with Crippen molar-refractivity contribution in [1.82, 2.24) is 4.72 Å². The number of carbonyl (C=O) groups is 1. The van der Waals surface area contributed by atoms with E-state index in [1.807, 2.05) is 6.92 Å². The number of unbranched alkanes of at least 4 members (excludes halogenated alkanes) is 1. The first-order chi connectivity index (χ1) is 13.0. The zero-order chi connectivity index (χ0) is 19.7. The number of sulfonamides is 1. The SMILES string of the molecule is CCCCOc1ccc(C(=O)Nc2ccc(S(=O)(=O)NCCC)cc2)cc1. The van der Waals surface area contributed by atoms with Gasteiger partial charge in [-0.05, 0) is 61.4 Å². The fourth-order valence-electron chi connectivity index (χ4n) is 2.28. The molecular formula is C20H26N2O4S. The van der Waals surface area contributed by atoms with Crippen molar-refractivity contribution in [3.8, 4) is 5.75 Å². The lowest BCUT2D eigenvalue weighted by Gasteiger charge is -2.09. The van der Waals surface area contributed by atoms with Crippen LogP contribution in [0.1, 0.15) is 43.5 Å². The number of anilines is 1. The summed E-state index contributed by atoms with van der Waals surface area (Å²) in [6.07, 6.45) is 2.77. The largest absolute Gasteiger partial charge is 0.494 e. The summed E-state index contributed by atoms with van der Waals surface area (Å²) in [6.45, 7) is 5.04. The van der Waals surface area contributed by atoms with Crippen LogP contribution in [0.4, 0.5) is 5.69 Å². The maximum absolute atomic E-state index is 12.3. The normalized spacial score (nSPS) is 11.2. The molecule has 7 heteroatoms. The van der Waals surface area contributed by atoms with E-state index in [0.29, 0.717) is 24.4 Å². The van der Waals surface area contributed by atoms with Crippen molar-refractivity contribution in [2.45, 2.75) is 38.0 Å². The molecule has 27 heavy (non-hydrogen) atoms. The number of benzene rings is 2. The Kier molecular flexibility index (Phi) is 7.82. The number of ether oxygens (including phenoxy) is 1. The van der Waals surface area contributed by atoms with Crippen molar-refractivity contribution in [2.75, 3.05) is 18.5 Å². The number of hydrogen-bond donors (Lipinski definition) is 2. The van der Waals surface area contributed by atoms with E-state index >= 15 is 0 Å². The van der Waals surface area contributed by atoms with Crippen LogP contribution in [0, 0.1) is 0 Å². The van der Waals surface area contributed by atoms with E-state index in [9.17, 15) is 13.2 Å². The van der Waals surface area contributed by atoms with Crippen LogP contribution in [0.2, 0.25) is 0 Å². The minimum atomic E-state index is -3.51. The van der Waals surface area contributed by atoms with Crippen molar-refractivity contribution in [3.63, 3.8) is 0 Å². The van der Waals surface area contributed by atoms with Gasteiger partial charge < -0.3 is 10.1 Å². The smallest absolute Gasteiger partial charge is 0.255 e. The van der Waals surface area contributed by atoms with Gasteiger partial charge in [-0.25, -0.2) is 13.1 Å². The molecule has 0 aromatic heterocycles. The molecule has 0 heterocycles. The van der Waals surface area contributed by atoms with Crippen LogP contribution in [0.3, 0.4) is 0 Å². The lowest BCUT2D eigenvalue weighted by Crippen LogP contribution is -2.24. The van der Waals surface area contributed by atoms with Crippen LogP contribution < -0.4 is 14.8 Å². The Hall–Kier alpha value is -2.38. The van der Waals surface area contributed by atoms with Crippen LogP contribution in [0.15, 0.2) is 53.4 Å². The molecule has 0 aliphatic heterocycles. The monoisotopic (exact) mass is 390 g/mol. The van der Waals surface area contributed by atoms with E-state index in [0.717, 1.165) is 25.0 Å². The van der Waals surface area contributed by atoms with E-state index < -0.39 is 10.0 Å². The number of amides is 1. The molecule has 0 radical (unpaired) electrons. The highest BCUT2D eigenvalue weighted by Crippen LogP contribution is 2.17. The average Bonchev–Trinajstić information content (AvgIpc) is 2.67. The van der Waals surface area contributed by atoms with Crippen LogP contribution >= 0.6 is 0 Å². The van der Waals surface area contributed by atoms with E-state index in [4.69, 9.17) is 4.74 Å². The van der Waals surface area contributed by atoms with E-state index in [2.05, 4.69) is 17.0 Å². The molecule has 2 aromatic rings. The maximum atomic E-state index is 12.3. The molecule has 0 fully saturated rings. The molecule has 0 aliphatic carbocycles. The molecule has 2 rings (SSSR count). The highest BCUT2D eigenvalue weighted by Gasteiger charge is 2.13. The molecule has 0 saturated carbocycles. The first-order valence-corrected chi connectivity index (χ1v) is 10.6. The van der Waals surface area contributed by atoms with Gasteiger partial charge in [0.15, 0.2) is 0 Å². The molecule has 1 amide bonds. The Morgan fingerprint density at radius 3 is 2.22 bits per heavy atom. The van der Waals surface area contributed by atoms with E-state index in [-0.39, 0.29) is 10.8 Å². The second-order valence-corrected chi connectivity index (χ2v) is 7.87. The van der Waals surface area contributed by atoms with Crippen LogP contribution in [0.5, 0.6) is 5.75 Å². The standard InChI is InChI=1S/C20H26N2O4S/c1-3-5-15-26-18-10-6-16(7-11-18)20(23)22-17-8-12-19(13-9-17)27(24,25)21-14-4-2/h6-13,21H,3-5,14-15H2,1-2H3,(H,22,23). The van der Waals surface area contributed by atoms with Crippen LogP contribution in [-0.2, 0) is 10.0 Å². The predicted octanol–water partition coefficient (Wildman–Crippen LogP) is 3.81. The Morgan fingerprint density at radius 1 is 0.963 bits per heavy atom. The van der Waals surface area contributed by atoms with Crippen molar-refractivity contribution in [1.29, 1.82) is 0 Å². The number of rotatable bonds is 10. The maximum Gasteiger partial charge on any atom is 0.255 e. The minimum Gasteiger partial charge on any atom is -0.494 e. The van der Waals surface area contributed by atoms with Gasteiger partial charge in [0.05, 0.1) is 11.5 Å². The molecule has 2 N–H and O–H groups in total. The van der Waals surface area contributed by atoms with Crippen LogP contribution in [-0.4, -0.2) is 27.5 Å². The summed E-state index contributed by atoms with van der Waals surface area (Å²) < 4.78 is 32.2. The second kappa shape index (κ2) is 10.1. The molecule has 0 atom stereocenters. The molecule has 0 aliphatic rings. The molecule has 0 saturated heterocycles. The first-order valence-electron chi connectivity index (χ1n) is 9.10. The lowest BCUT2D eigenvalue weighted by molar-refractivity contribution is 0.102. The number of nitrogens with one attached hydrogen (secondary N) is 2. The quantitative estimate of drug-likeness (QED) is 0.604. The topological polar surface area (TPSA) is 84.5 Å². The van der Waals surface area contributed by atoms with Crippen molar-refractivity contribution < 1.29 is 17.9 Å². The molecule has 146 valence electrons. The van der Waals surface area contributed by atoms with Gasteiger partial charge in [-0.2, -0.15) is 0 Å². The zero-order valence-electron chi connectivity index (χ0n) is 15.7. The van der Waals surface area contributed by atoms with Gasteiger partial charge >= 0.3 is 0 Å². The average molecular weight is 391 g/mol. The molecule has 2 aromatic carbocycles. The molecule has 0 spiro atoms. The summed E-state index contributed by atoms with van der Waals surface area (Å²) in [5, 5.41) is 2.76. The lowest BCUT2D eigenvalue weighted by atomic mass is 10.2.